The molecule has 0 bridgehead atoms. The standard InChI is InChI=1S/C5H2F3N5/c6-5(7,8)3-1-2-4(11-10-3)12-13-9/h1-2H. The lowest BCUT2D eigenvalue weighted by atomic mass is 10.4. The van der Waals surface area contributed by atoms with Crippen LogP contribution in [0.2, 0.25) is 0 Å². The van der Waals surface area contributed by atoms with E-state index in [9.17, 15) is 13.2 Å². The molecule has 0 amide bonds. The van der Waals surface area contributed by atoms with E-state index >= 15 is 0 Å². The summed E-state index contributed by atoms with van der Waals surface area (Å²) in [6, 6.07) is 1.63. The average molecular weight is 189 g/mol. The fourth-order valence-corrected chi connectivity index (χ4v) is 0.576. The number of nitrogens with zero attached hydrogens (tertiary/aromatic N) is 5. The Morgan fingerprint density at radius 1 is 1.31 bits per heavy atom. The summed E-state index contributed by atoms with van der Waals surface area (Å²) in [4.78, 5) is 2.34. The first-order valence-electron chi connectivity index (χ1n) is 3.00. The normalized spacial score (nSPS) is 10.7. The van der Waals surface area contributed by atoms with Gasteiger partial charge in [-0.05, 0) is 22.8 Å². The van der Waals surface area contributed by atoms with Crippen molar-refractivity contribution in [3.05, 3.63) is 28.3 Å². The largest absolute Gasteiger partial charge is 0.435 e. The zero-order valence-electron chi connectivity index (χ0n) is 6.02. The molecule has 1 aromatic heterocycles. The van der Waals surface area contributed by atoms with Crippen molar-refractivity contribution in [2.24, 2.45) is 5.11 Å². The molecule has 0 unspecified atom stereocenters. The molecule has 0 aliphatic heterocycles. The van der Waals surface area contributed by atoms with Crippen LogP contribution in [0.1, 0.15) is 5.69 Å². The highest BCUT2D eigenvalue weighted by Gasteiger charge is 2.32. The van der Waals surface area contributed by atoms with Gasteiger partial charge in [0.15, 0.2) is 5.69 Å². The molecule has 8 heteroatoms. The second kappa shape index (κ2) is 3.28. The van der Waals surface area contributed by atoms with Crippen LogP contribution in [0.4, 0.5) is 19.0 Å². The summed E-state index contributed by atoms with van der Waals surface area (Å²) in [5.74, 6) is -0.199. The molecule has 68 valence electrons. The monoisotopic (exact) mass is 189 g/mol. The van der Waals surface area contributed by atoms with E-state index in [1.54, 1.807) is 0 Å². The van der Waals surface area contributed by atoms with Gasteiger partial charge in [0.25, 0.3) is 0 Å². The van der Waals surface area contributed by atoms with Gasteiger partial charge in [0, 0.05) is 4.91 Å². The molecule has 0 atom stereocenters. The topological polar surface area (TPSA) is 74.5 Å². The smallest absolute Gasteiger partial charge is 0.164 e. The predicted octanol–water partition coefficient (Wildman–Crippen LogP) is 2.44. The Hall–Kier alpha value is -1.82. The van der Waals surface area contributed by atoms with E-state index in [-0.39, 0.29) is 5.82 Å². The molecule has 0 aliphatic carbocycles. The van der Waals surface area contributed by atoms with Gasteiger partial charge in [-0.1, -0.05) is 0 Å². The minimum atomic E-state index is -4.53. The van der Waals surface area contributed by atoms with Crippen molar-refractivity contribution in [1.82, 2.24) is 10.2 Å². The molecule has 13 heavy (non-hydrogen) atoms. The minimum Gasteiger partial charge on any atom is -0.164 e. The zero-order chi connectivity index (χ0) is 9.90. The van der Waals surface area contributed by atoms with Crippen LogP contribution in [-0.4, -0.2) is 10.2 Å². The summed E-state index contributed by atoms with van der Waals surface area (Å²) in [5, 5.41) is 8.84. The Labute approximate surface area is 69.8 Å². The summed E-state index contributed by atoms with van der Waals surface area (Å²) in [7, 11) is 0. The molecule has 0 saturated heterocycles. The van der Waals surface area contributed by atoms with Gasteiger partial charge >= 0.3 is 6.18 Å². The molecule has 0 aromatic carbocycles. The Kier molecular flexibility index (Phi) is 2.34. The molecule has 0 radical (unpaired) electrons. The van der Waals surface area contributed by atoms with Gasteiger partial charge in [0.05, 0.1) is 0 Å². The van der Waals surface area contributed by atoms with Crippen LogP contribution in [0.3, 0.4) is 0 Å². The molecule has 1 aromatic rings. The minimum absolute atomic E-state index is 0.199. The van der Waals surface area contributed by atoms with E-state index < -0.39 is 11.9 Å². The Morgan fingerprint density at radius 3 is 2.38 bits per heavy atom. The van der Waals surface area contributed by atoms with Gasteiger partial charge in [-0.2, -0.15) is 13.2 Å². The quantitative estimate of drug-likeness (QED) is 0.386. The van der Waals surface area contributed by atoms with E-state index in [2.05, 4.69) is 20.2 Å². The third-order valence-electron chi connectivity index (χ3n) is 1.09. The summed E-state index contributed by atoms with van der Waals surface area (Å²) < 4.78 is 35.7. The second-order valence-corrected chi connectivity index (χ2v) is 1.96. The average Bonchev–Trinajstić information content (AvgIpc) is 2.04. The maximum Gasteiger partial charge on any atom is 0.435 e. The third-order valence-corrected chi connectivity index (χ3v) is 1.09. The second-order valence-electron chi connectivity index (χ2n) is 1.96. The SMILES string of the molecule is [N-]=[N+]=Nc1ccc(C(F)(F)F)nn1. The highest BCUT2D eigenvalue weighted by molar-refractivity contribution is 5.25. The maximum atomic E-state index is 11.9. The van der Waals surface area contributed by atoms with Crippen molar-refractivity contribution in [3.63, 3.8) is 0 Å². The molecule has 0 N–H and O–H groups in total. The van der Waals surface area contributed by atoms with Crippen LogP contribution in [0, 0.1) is 0 Å². The number of rotatable bonds is 1. The first-order chi connectivity index (χ1) is 6.04. The van der Waals surface area contributed by atoms with E-state index in [0.29, 0.717) is 6.07 Å². The van der Waals surface area contributed by atoms with Gasteiger partial charge in [0.2, 0.25) is 0 Å². The molecule has 5 nitrogen and oxygen atoms in total. The van der Waals surface area contributed by atoms with Crippen LogP contribution < -0.4 is 0 Å². The summed E-state index contributed by atoms with van der Waals surface area (Å²) >= 11 is 0. The number of halogens is 3. The predicted molar refractivity (Wildman–Crippen MR) is 35.8 cm³/mol. The van der Waals surface area contributed by atoms with E-state index in [0.717, 1.165) is 6.07 Å². The van der Waals surface area contributed by atoms with Crippen molar-refractivity contribution in [1.29, 1.82) is 0 Å². The van der Waals surface area contributed by atoms with Crippen molar-refractivity contribution in [2.75, 3.05) is 0 Å². The van der Waals surface area contributed by atoms with Crippen LogP contribution >= 0.6 is 0 Å². The number of alkyl halides is 3. The van der Waals surface area contributed by atoms with Crippen molar-refractivity contribution < 1.29 is 13.2 Å². The summed E-state index contributed by atoms with van der Waals surface area (Å²) in [5.41, 5.74) is 6.80. The maximum absolute atomic E-state index is 11.9. The van der Waals surface area contributed by atoms with Crippen molar-refractivity contribution >= 4 is 5.82 Å². The first-order valence-corrected chi connectivity index (χ1v) is 3.00. The number of azide groups is 1. The van der Waals surface area contributed by atoms with Crippen LogP contribution in [0.5, 0.6) is 0 Å². The molecule has 0 spiro atoms. The lowest BCUT2D eigenvalue weighted by molar-refractivity contribution is -0.141. The van der Waals surface area contributed by atoms with Gasteiger partial charge in [-0.3, -0.25) is 0 Å². The van der Waals surface area contributed by atoms with Gasteiger partial charge in [-0.15, -0.1) is 10.2 Å². The molecular formula is C5H2F3N5. The molecule has 0 saturated carbocycles. The van der Waals surface area contributed by atoms with Gasteiger partial charge < -0.3 is 0 Å². The van der Waals surface area contributed by atoms with Crippen molar-refractivity contribution in [2.45, 2.75) is 6.18 Å². The summed E-state index contributed by atoms with van der Waals surface area (Å²) in [6.07, 6.45) is -4.53. The first kappa shape index (κ1) is 9.27. The van der Waals surface area contributed by atoms with E-state index in [1.165, 1.54) is 0 Å². The molecular weight excluding hydrogens is 187 g/mol. The Bertz CT molecular complexity index is 336. The highest BCUT2D eigenvalue weighted by atomic mass is 19.4. The van der Waals surface area contributed by atoms with Crippen molar-refractivity contribution in [3.8, 4) is 0 Å². The van der Waals surface area contributed by atoms with Gasteiger partial charge in [-0.25, -0.2) is 0 Å². The third kappa shape index (κ3) is 2.31. The number of aromatic nitrogens is 2. The molecule has 0 fully saturated rings. The number of hydrogen-bond donors (Lipinski definition) is 0. The number of hydrogen-bond acceptors (Lipinski definition) is 3. The lowest BCUT2D eigenvalue weighted by Gasteiger charge is -2.02. The Morgan fingerprint density at radius 2 is 2.00 bits per heavy atom. The van der Waals surface area contributed by atoms with Crippen LogP contribution in [-0.2, 0) is 6.18 Å². The zero-order valence-corrected chi connectivity index (χ0v) is 6.02. The highest BCUT2D eigenvalue weighted by Crippen LogP contribution is 2.27. The molecule has 0 aliphatic rings. The van der Waals surface area contributed by atoms with Crippen LogP contribution in [0.15, 0.2) is 17.2 Å². The van der Waals surface area contributed by atoms with E-state index in [1.807, 2.05) is 0 Å². The lowest BCUT2D eigenvalue weighted by Crippen LogP contribution is -2.08. The fourth-order valence-electron chi connectivity index (χ4n) is 0.576. The van der Waals surface area contributed by atoms with E-state index in [4.69, 9.17) is 5.53 Å². The molecule has 1 heterocycles. The van der Waals surface area contributed by atoms with Crippen LogP contribution in [0.25, 0.3) is 10.4 Å². The Balaban J connectivity index is 3.00. The summed E-state index contributed by atoms with van der Waals surface area (Å²) in [6.45, 7) is 0. The fraction of sp³-hybridized carbons (Fsp3) is 0.200. The molecule has 1 rings (SSSR count). The van der Waals surface area contributed by atoms with Gasteiger partial charge in [0.1, 0.15) is 5.82 Å².